The molecular formula is C10H9NO3. The van der Waals surface area contributed by atoms with Gasteiger partial charge in [-0.05, 0) is 6.07 Å². The van der Waals surface area contributed by atoms with Gasteiger partial charge < -0.3 is 9.62 Å². The summed E-state index contributed by atoms with van der Waals surface area (Å²) in [5.74, 6) is 0. The van der Waals surface area contributed by atoms with Crippen LogP contribution in [0.5, 0.6) is 0 Å². The number of fused-ring (bicyclic) bond motifs is 1. The van der Waals surface area contributed by atoms with Gasteiger partial charge >= 0.3 is 5.63 Å². The molecule has 4 nitrogen and oxygen atoms in total. The van der Waals surface area contributed by atoms with Crippen molar-refractivity contribution >= 4 is 11.0 Å². The topological polar surface area (TPSA) is 62.5 Å². The molecule has 14 heavy (non-hydrogen) atoms. The van der Waals surface area contributed by atoms with E-state index >= 15 is 0 Å². The van der Waals surface area contributed by atoms with Gasteiger partial charge in [-0.3, -0.25) is 0 Å². The lowest BCUT2D eigenvalue weighted by Gasteiger charge is -2.02. The predicted octanol–water partition coefficient (Wildman–Crippen LogP) is 1.27. The molecule has 0 fully saturated rings. The fourth-order valence-corrected chi connectivity index (χ4v) is 1.38. The van der Waals surface area contributed by atoms with E-state index in [1.165, 1.54) is 6.07 Å². The van der Waals surface area contributed by atoms with Crippen LogP contribution in [0.1, 0.15) is 5.56 Å². The molecule has 72 valence electrons. The van der Waals surface area contributed by atoms with Gasteiger partial charge in [0.05, 0.1) is 0 Å². The lowest BCUT2D eigenvalue weighted by Crippen LogP contribution is -2.07. The molecule has 0 aliphatic carbocycles. The lowest BCUT2D eigenvalue weighted by atomic mass is 10.1. The second kappa shape index (κ2) is 3.61. The van der Waals surface area contributed by atoms with Crippen molar-refractivity contribution in [2.24, 2.45) is 0 Å². The minimum Gasteiger partial charge on any atom is -0.422 e. The highest BCUT2D eigenvalue weighted by Gasteiger charge is 2.02. The van der Waals surface area contributed by atoms with E-state index in [1.54, 1.807) is 12.1 Å². The van der Waals surface area contributed by atoms with E-state index in [1.807, 2.05) is 17.6 Å². The van der Waals surface area contributed by atoms with Gasteiger partial charge in [-0.2, -0.15) is 0 Å². The van der Waals surface area contributed by atoms with Gasteiger partial charge in [0.1, 0.15) is 5.58 Å². The molecule has 2 rings (SSSR count). The normalized spacial score (nSPS) is 10.6. The quantitative estimate of drug-likeness (QED) is 0.554. The summed E-state index contributed by atoms with van der Waals surface area (Å²) < 4.78 is 5.04. The van der Waals surface area contributed by atoms with Crippen molar-refractivity contribution < 1.29 is 9.62 Å². The molecule has 4 heteroatoms. The first-order chi connectivity index (χ1) is 6.81. The Bertz CT molecular complexity index is 504. The first-order valence-corrected chi connectivity index (χ1v) is 4.20. The summed E-state index contributed by atoms with van der Waals surface area (Å²) in [6.07, 6.45) is 0. The van der Waals surface area contributed by atoms with E-state index in [2.05, 4.69) is 0 Å². The number of nitrogens with one attached hydrogen (secondary N) is 1. The van der Waals surface area contributed by atoms with Gasteiger partial charge in [0.25, 0.3) is 0 Å². The van der Waals surface area contributed by atoms with Gasteiger partial charge in [0.15, 0.2) is 0 Å². The van der Waals surface area contributed by atoms with Crippen LogP contribution in [-0.2, 0) is 6.54 Å². The van der Waals surface area contributed by atoms with E-state index in [4.69, 9.17) is 9.62 Å². The average Bonchev–Trinajstić information content (AvgIpc) is 2.19. The zero-order valence-electron chi connectivity index (χ0n) is 7.36. The molecule has 0 amide bonds. The van der Waals surface area contributed by atoms with E-state index < -0.39 is 0 Å². The number of rotatable bonds is 2. The molecule has 0 radical (unpaired) electrons. The highest BCUT2D eigenvalue weighted by atomic mass is 16.5. The minimum atomic E-state index is -0.386. The summed E-state index contributed by atoms with van der Waals surface area (Å²) in [6, 6.07) is 8.54. The highest BCUT2D eigenvalue weighted by Crippen LogP contribution is 2.16. The van der Waals surface area contributed by atoms with Crippen LogP contribution >= 0.6 is 0 Å². The molecule has 0 aliphatic rings. The maximum absolute atomic E-state index is 11.0. The number of benzene rings is 1. The van der Waals surface area contributed by atoms with Crippen molar-refractivity contribution in [1.29, 1.82) is 0 Å². The van der Waals surface area contributed by atoms with Crippen LogP contribution in [0.15, 0.2) is 39.5 Å². The van der Waals surface area contributed by atoms with E-state index in [9.17, 15) is 4.79 Å². The summed E-state index contributed by atoms with van der Waals surface area (Å²) in [7, 11) is 0. The first kappa shape index (κ1) is 8.93. The van der Waals surface area contributed by atoms with Crippen molar-refractivity contribution in [3.05, 3.63) is 46.3 Å². The molecule has 1 aromatic heterocycles. The number of hydroxylamine groups is 1. The standard InChI is InChI=1S/C10H9NO3/c12-9-5-4-7-2-1-3-8(6-11-13)10(7)14-9/h1-5,11,13H,6H2. The number of hydrogen-bond acceptors (Lipinski definition) is 4. The molecule has 0 atom stereocenters. The molecule has 0 saturated heterocycles. The third-order valence-corrected chi connectivity index (χ3v) is 2.00. The van der Waals surface area contributed by atoms with Crippen LogP contribution in [0.2, 0.25) is 0 Å². The van der Waals surface area contributed by atoms with Crippen LogP contribution in [0.3, 0.4) is 0 Å². The smallest absolute Gasteiger partial charge is 0.336 e. The van der Waals surface area contributed by atoms with Crippen molar-refractivity contribution in [2.75, 3.05) is 0 Å². The second-order valence-electron chi connectivity index (χ2n) is 2.92. The fraction of sp³-hybridized carbons (Fsp3) is 0.100. The van der Waals surface area contributed by atoms with Crippen LogP contribution in [-0.4, -0.2) is 5.21 Å². The van der Waals surface area contributed by atoms with Crippen LogP contribution in [0.4, 0.5) is 0 Å². The summed E-state index contributed by atoms with van der Waals surface area (Å²) >= 11 is 0. The monoisotopic (exact) mass is 191 g/mol. The van der Waals surface area contributed by atoms with Crippen molar-refractivity contribution in [3.8, 4) is 0 Å². The van der Waals surface area contributed by atoms with Gasteiger partial charge in [-0.15, -0.1) is 0 Å². The summed E-state index contributed by atoms with van der Waals surface area (Å²) in [5.41, 5.74) is 2.92. The van der Waals surface area contributed by atoms with Gasteiger partial charge in [-0.1, -0.05) is 18.2 Å². The summed E-state index contributed by atoms with van der Waals surface area (Å²) in [5, 5.41) is 9.42. The van der Waals surface area contributed by atoms with Gasteiger partial charge in [0.2, 0.25) is 0 Å². The van der Waals surface area contributed by atoms with E-state index in [0.717, 1.165) is 10.9 Å². The predicted molar refractivity (Wildman–Crippen MR) is 51.1 cm³/mol. The molecule has 2 aromatic rings. The van der Waals surface area contributed by atoms with Crippen molar-refractivity contribution in [3.63, 3.8) is 0 Å². The molecule has 0 aliphatic heterocycles. The Labute approximate surface area is 79.7 Å². The molecule has 1 aromatic carbocycles. The van der Waals surface area contributed by atoms with Crippen molar-refractivity contribution in [1.82, 2.24) is 5.48 Å². The zero-order chi connectivity index (χ0) is 9.97. The Morgan fingerprint density at radius 3 is 2.93 bits per heavy atom. The third kappa shape index (κ3) is 1.53. The van der Waals surface area contributed by atoms with Gasteiger partial charge in [0, 0.05) is 23.6 Å². The maximum Gasteiger partial charge on any atom is 0.336 e. The van der Waals surface area contributed by atoms with Crippen molar-refractivity contribution in [2.45, 2.75) is 6.54 Å². The largest absolute Gasteiger partial charge is 0.422 e. The fourth-order valence-electron chi connectivity index (χ4n) is 1.38. The maximum atomic E-state index is 11.0. The van der Waals surface area contributed by atoms with Crippen LogP contribution < -0.4 is 11.1 Å². The van der Waals surface area contributed by atoms with E-state index in [-0.39, 0.29) is 12.2 Å². The Balaban J connectivity index is 2.71. The molecule has 0 spiro atoms. The summed E-state index contributed by atoms with van der Waals surface area (Å²) in [4.78, 5) is 11.0. The number of para-hydroxylation sites is 1. The molecular weight excluding hydrogens is 182 g/mol. The Hall–Kier alpha value is -1.65. The number of hydrogen-bond donors (Lipinski definition) is 2. The van der Waals surface area contributed by atoms with Gasteiger partial charge in [-0.25, -0.2) is 10.3 Å². The van der Waals surface area contributed by atoms with E-state index in [0.29, 0.717) is 5.58 Å². The molecule has 0 unspecified atom stereocenters. The zero-order valence-corrected chi connectivity index (χ0v) is 7.36. The molecule has 0 saturated carbocycles. The molecule has 1 heterocycles. The average molecular weight is 191 g/mol. The molecule has 0 bridgehead atoms. The van der Waals surface area contributed by atoms with Crippen LogP contribution in [0, 0.1) is 0 Å². The summed E-state index contributed by atoms with van der Waals surface area (Å²) in [6.45, 7) is 0.254. The highest BCUT2D eigenvalue weighted by molar-refractivity contribution is 5.79. The lowest BCUT2D eigenvalue weighted by molar-refractivity contribution is 0.161. The second-order valence-corrected chi connectivity index (χ2v) is 2.92. The SMILES string of the molecule is O=c1ccc2cccc(CNO)c2o1. The third-order valence-electron chi connectivity index (χ3n) is 2.00. The Kier molecular flexibility index (Phi) is 2.30. The minimum absolute atomic E-state index is 0.254. The molecule has 2 N–H and O–H groups in total. The Morgan fingerprint density at radius 2 is 2.14 bits per heavy atom. The Morgan fingerprint density at radius 1 is 1.29 bits per heavy atom. The first-order valence-electron chi connectivity index (χ1n) is 4.20. The van der Waals surface area contributed by atoms with Crippen LogP contribution in [0.25, 0.3) is 11.0 Å².